The van der Waals surface area contributed by atoms with Crippen LogP contribution in [0.25, 0.3) is 0 Å². The van der Waals surface area contributed by atoms with Gasteiger partial charge in [0.1, 0.15) is 73.2 Å². The lowest BCUT2D eigenvalue weighted by molar-refractivity contribution is -0.362. The summed E-state index contributed by atoms with van der Waals surface area (Å²) in [5, 5.41) is 109. The van der Waals surface area contributed by atoms with Gasteiger partial charge in [-0.15, -0.1) is 0 Å². The summed E-state index contributed by atoms with van der Waals surface area (Å²) in [6, 6.07) is 0. The van der Waals surface area contributed by atoms with Gasteiger partial charge in [0.15, 0.2) is 18.9 Å². The number of hydrogen-bond donors (Lipinski definition) is 11. The Bertz CT molecular complexity index is 639. The van der Waals surface area contributed by atoms with Crippen molar-refractivity contribution in [1.82, 2.24) is 0 Å². The summed E-state index contributed by atoms with van der Waals surface area (Å²) in [6.45, 7) is -2.06. The Morgan fingerprint density at radius 2 is 1.00 bits per heavy atom. The summed E-state index contributed by atoms with van der Waals surface area (Å²) in [7, 11) is 0. The summed E-state index contributed by atoms with van der Waals surface area (Å²) in [5.41, 5.74) is 0. The molecule has 16 heteroatoms. The summed E-state index contributed by atoms with van der Waals surface area (Å²) in [4.78, 5) is 0. The summed E-state index contributed by atoms with van der Waals surface area (Å²) in [6.07, 6.45) is -25.0. The third kappa shape index (κ3) is 5.52. The highest BCUT2D eigenvalue weighted by Crippen LogP contribution is 2.29. The van der Waals surface area contributed by atoms with Crippen LogP contribution in [0.2, 0.25) is 0 Å². The molecular formula is C18H32O16. The Morgan fingerprint density at radius 3 is 1.59 bits per heavy atom. The molecule has 34 heavy (non-hydrogen) atoms. The van der Waals surface area contributed by atoms with Crippen LogP contribution in [0.3, 0.4) is 0 Å². The van der Waals surface area contributed by atoms with Crippen LogP contribution in [0.4, 0.5) is 0 Å². The Morgan fingerprint density at radius 1 is 0.500 bits per heavy atom. The van der Waals surface area contributed by atoms with Crippen molar-refractivity contribution < 1.29 is 79.9 Å². The highest BCUT2D eigenvalue weighted by Gasteiger charge is 2.51. The van der Waals surface area contributed by atoms with E-state index in [-0.39, 0.29) is 0 Å². The van der Waals surface area contributed by atoms with Gasteiger partial charge in [0.2, 0.25) is 0 Å². The topological polar surface area (TPSA) is 269 Å². The molecular weight excluding hydrogens is 472 g/mol. The standard InChI is InChI=1S/C18H32O16/c19-1-4-7(21)10(24)12(26)17(32-4)30-3-6-8(22)11(25)13(27)18(33-6)34-15-9(23)5(2-20)31-16(29)14(15)28/h4-29H,1-3H2/t4-,5-,6-,7-,8-,9+,10+,11+,12-,13+,14-,15+,16-,17+,18-/m1/s1. The van der Waals surface area contributed by atoms with Gasteiger partial charge in [-0.25, -0.2) is 0 Å². The zero-order valence-electron chi connectivity index (χ0n) is 17.7. The molecule has 0 spiro atoms. The van der Waals surface area contributed by atoms with Gasteiger partial charge in [-0.05, 0) is 0 Å². The monoisotopic (exact) mass is 504 g/mol. The molecule has 3 aliphatic rings. The minimum atomic E-state index is -1.88. The van der Waals surface area contributed by atoms with Gasteiger partial charge in [0.05, 0.1) is 19.8 Å². The molecule has 3 aliphatic heterocycles. The normalized spacial score (nSPS) is 52.5. The van der Waals surface area contributed by atoms with Crippen molar-refractivity contribution in [3.63, 3.8) is 0 Å². The van der Waals surface area contributed by atoms with E-state index >= 15 is 0 Å². The number of aliphatic hydroxyl groups excluding tert-OH is 11. The van der Waals surface area contributed by atoms with Gasteiger partial charge in [-0.1, -0.05) is 0 Å². The molecule has 16 nitrogen and oxygen atoms in total. The van der Waals surface area contributed by atoms with E-state index in [4.69, 9.17) is 23.7 Å². The molecule has 0 amide bonds. The van der Waals surface area contributed by atoms with Crippen LogP contribution in [-0.2, 0) is 23.7 Å². The fourth-order valence-electron chi connectivity index (χ4n) is 3.94. The SMILES string of the molecule is OC[C@H]1O[C@@H](O)[C@H](O)[C@@H](O[C@H]2O[C@H](CO[C@H]3O[C@H](CO)[C@@H](O)[C@H](O)[C@H]3O)[C@@H](O)[C@H](O)[C@@H]2O)[C@H]1O. The largest absolute Gasteiger partial charge is 0.394 e. The van der Waals surface area contributed by atoms with Crippen LogP contribution < -0.4 is 0 Å². The maximum Gasteiger partial charge on any atom is 0.187 e. The predicted molar refractivity (Wildman–Crippen MR) is 101 cm³/mol. The van der Waals surface area contributed by atoms with E-state index in [1.165, 1.54) is 0 Å². The molecule has 0 saturated carbocycles. The van der Waals surface area contributed by atoms with Crippen LogP contribution in [0, 0.1) is 0 Å². The van der Waals surface area contributed by atoms with Crippen LogP contribution in [-0.4, -0.2) is 168 Å². The van der Waals surface area contributed by atoms with Gasteiger partial charge in [-0.3, -0.25) is 0 Å². The first-order valence-corrected chi connectivity index (χ1v) is 10.6. The molecule has 0 unspecified atom stereocenters. The lowest BCUT2D eigenvalue weighted by Crippen LogP contribution is -2.65. The molecule has 3 fully saturated rings. The molecule has 0 bridgehead atoms. The van der Waals surface area contributed by atoms with Crippen LogP contribution >= 0.6 is 0 Å². The number of hydrogen-bond acceptors (Lipinski definition) is 16. The van der Waals surface area contributed by atoms with Crippen molar-refractivity contribution in [1.29, 1.82) is 0 Å². The molecule has 3 saturated heterocycles. The molecule has 0 aromatic carbocycles. The van der Waals surface area contributed by atoms with Gasteiger partial charge in [0.25, 0.3) is 0 Å². The van der Waals surface area contributed by atoms with Crippen molar-refractivity contribution in [3.05, 3.63) is 0 Å². The number of rotatable bonds is 7. The van der Waals surface area contributed by atoms with E-state index in [2.05, 4.69) is 0 Å². The Balaban J connectivity index is 1.66. The Kier molecular flexibility index (Phi) is 9.54. The third-order valence-electron chi connectivity index (χ3n) is 6.07. The third-order valence-corrected chi connectivity index (χ3v) is 6.07. The molecule has 11 N–H and O–H groups in total. The quantitative estimate of drug-likeness (QED) is 0.154. The van der Waals surface area contributed by atoms with E-state index in [9.17, 15) is 56.2 Å². The van der Waals surface area contributed by atoms with E-state index in [1.807, 2.05) is 0 Å². The molecule has 0 radical (unpaired) electrons. The van der Waals surface area contributed by atoms with E-state index in [0.717, 1.165) is 0 Å². The van der Waals surface area contributed by atoms with Crippen molar-refractivity contribution in [3.8, 4) is 0 Å². The van der Waals surface area contributed by atoms with Gasteiger partial charge in [-0.2, -0.15) is 0 Å². The summed E-state index contributed by atoms with van der Waals surface area (Å²) < 4.78 is 26.1. The number of aliphatic hydroxyl groups is 11. The van der Waals surface area contributed by atoms with E-state index in [1.54, 1.807) is 0 Å². The first-order valence-electron chi connectivity index (χ1n) is 10.6. The van der Waals surface area contributed by atoms with Crippen molar-refractivity contribution in [2.45, 2.75) is 92.1 Å². The molecule has 3 heterocycles. The lowest BCUT2D eigenvalue weighted by Gasteiger charge is -2.45. The second-order valence-corrected chi connectivity index (χ2v) is 8.37. The Labute approximate surface area is 192 Å². The molecule has 0 aliphatic carbocycles. The van der Waals surface area contributed by atoms with E-state index in [0.29, 0.717) is 0 Å². The average Bonchev–Trinajstić information content (AvgIpc) is 2.82. The zero-order valence-corrected chi connectivity index (χ0v) is 17.7. The average molecular weight is 504 g/mol. The van der Waals surface area contributed by atoms with Gasteiger partial charge in [0, 0.05) is 0 Å². The van der Waals surface area contributed by atoms with Gasteiger partial charge >= 0.3 is 0 Å². The highest BCUT2D eigenvalue weighted by atomic mass is 16.7. The summed E-state index contributed by atoms with van der Waals surface area (Å²) >= 11 is 0. The Hall–Kier alpha value is -0.640. The van der Waals surface area contributed by atoms with Crippen molar-refractivity contribution >= 4 is 0 Å². The summed E-state index contributed by atoms with van der Waals surface area (Å²) in [5.74, 6) is 0. The fraction of sp³-hybridized carbons (Fsp3) is 1.00. The minimum Gasteiger partial charge on any atom is -0.394 e. The van der Waals surface area contributed by atoms with Crippen molar-refractivity contribution in [2.24, 2.45) is 0 Å². The molecule has 0 aromatic heterocycles. The minimum absolute atomic E-state index is 0.617. The second kappa shape index (κ2) is 11.6. The van der Waals surface area contributed by atoms with Gasteiger partial charge < -0.3 is 79.9 Å². The first-order chi connectivity index (χ1) is 16.0. The second-order valence-electron chi connectivity index (χ2n) is 8.37. The first kappa shape index (κ1) is 27.9. The molecule has 15 atom stereocenters. The highest BCUT2D eigenvalue weighted by molar-refractivity contribution is 4.94. The van der Waals surface area contributed by atoms with E-state index < -0.39 is 112 Å². The fourth-order valence-corrected chi connectivity index (χ4v) is 3.94. The van der Waals surface area contributed by atoms with Crippen molar-refractivity contribution in [2.75, 3.05) is 19.8 Å². The molecule has 0 aromatic rings. The maximum absolute atomic E-state index is 10.3. The zero-order chi connectivity index (χ0) is 25.3. The maximum atomic E-state index is 10.3. The molecule has 3 rings (SSSR count). The smallest absolute Gasteiger partial charge is 0.187 e. The predicted octanol–water partition coefficient (Wildman–Crippen LogP) is -7.57. The van der Waals surface area contributed by atoms with Crippen LogP contribution in [0.1, 0.15) is 0 Å². The van der Waals surface area contributed by atoms with Crippen LogP contribution in [0.5, 0.6) is 0 Å². The molecule has 200 valence electrons. The van der Waals surface area contributed by atoms with Crippen LogP contribution in [0.15, 0.2) is 0 Å². The number of ether oxygens (including phenoxy) is 5. The lowest BCUT2D eigenvalue weighted by atomic mass is 9.97.